The van der Waals surface area contributed by atoms with Crippen LogP contribution in [0.2, 0.25) is 0 Å². The molecule has 1 fully saturated rings. The zero-order chi connectivity index (χ0) is 21.2. The molecule has 1 aliphatic heterocycles. The van der Waals surface area contributed by atoms with Crippen LogP contribution in [0.3, 0.4) is 0 Å². The van der Waals surface area contributed by atoms with Gasteiger partial charge in [0.15, 0.2) is 0 Å². The second kappa shape index (κ2) is 8.39. The highest BCUT2D eigenvalue weighted by atomic mass is 16.3. The minimum atomic E-state index is 0.509. The van der Waals surface area contributed by atoms with E-state index in [-0.39, 0.29) is 0 Å². The zero-order valence-corrected chi connectivity index (χ0v) is 17.6. The standard InChI is InChI=1S/C27H25N3O/c1-18-2-6-20(7-3-18)25-13-27-26(12-24(25)21-8-4-19(14-28)5-9-21)22(17-31-27)15-30-23-10-11-29-16-23/h2-9,12-13,17,23,29-30H,10-11,15-16H2,1H3/t23-/m0/s1. The summed E-state index contributed by atoms with van der Waals surface area (Å²) in [5, 5.41) is 17.4. The molecule has 0 amide bonds. The van der Waals surface area contributed by atoms with Crippen molar-refractivity contribution in [3.8, 4) is 28.3 Å². The van der Waals surface area contributed by atoms with Crippen molar-refractivity contribution in [2.75, 3.05) is 13.1 Å². The summed E-state index contributed by atoms with van der Waals surface area (Å²) in [4.78, 5) is 0. The molecule has 5 rings (SSSR count). The topological polar surface area (TPSA) is 61.0 Å². The number of nitrogens with zero attached hydrogens (tertiary/aromatic N) is 1. The van der Waals surface area contributed by atoms with Crippen molar-refractivity contribution in [3.05, 3.63) is 83.6 Å². The molecule has 1 atom stereocenters. The molecule has 31 heavy (non-hydrogen) atoms. The van der Waals surface area contributed by atoms with Crippen LogP contribution in [0.15, 0.2) is 71.3 Å². The van der Waals surface area contributed by atoms with Gasteiger partial charge in [-0.3, -0.25) is 0 Å². The van der Waals surface area contributed by atoms with Crippen LogP contribution in [-0.4, -0.2) is 19.1 Å². The fourth-order valence-corrected chi connectivity index (χ4v) is 4.28. The van der Waals surface area contributed by atoms with E-state index in [9.17, 15) is 5.26 Å². The van der Waals surface area contributed by atoms with Crippen LogP contribution < -0.4 is 10.6 Å². The van der Waals surface area contributed by atoms with Gasteiger partial charge in [-0.2, -0.15) is 5.26 Å². The van der Waals surface area contributed by atoms with Gasteiger partial charge in [-0.05, 0) is 66.4 Å². The van der Waals surface area contributed by atoms with Gasteiger partial charge in [0.05, 0.1) is 17.9 Å². The number of fused-ring (bicyclic) bond motifs is 1. The lowest BCUT2D eigenvalue weighted by Gasteiger charge is -2.13. The second-order valence-corrected chi connectivity index (χ2v) is 8.28. The van der Waals surface area contributed by atoms with E-state index >= 15 is 0 Å². The number of nitriles is 1. The van der Waals surface area contributed by atoms with Crippen molar-refractivity contribution in [2.45, 2.75) is 25.9 Å². The number of aryl methyl sites for hydroxylation is 1. The molecular formula is C27H25N3O. The predicted octanol–water partition coefficient (Wildman–Crippen LogP) is 5.40. The highest BCUT2D eigenvalue weighted by Gasteiger charge is 2.17. The van der Waals surface area contributed by atoms with Gasteiger partial charge >= 0.3 is 0 Å². The first-order valence-corrected chi connectivity index (χ1v) is 10.8. The van der Waals surface area contributed by atoms with Crippen LogP contribution in [0.1, 0.15) is 23.1 Å². The maximum absolute atomic E-state index is 9.18. The molecule has 0 aliphatic carbocycles. The molecule has 0 spiro atoms. The van der Waals surface area contributed by atoms with Crippen molar-refractivity contribution >= 4 is 11.0 Å². The Labute approximate surface area is 182 Å². The van der Waals surface area contributed by atoms with Gasteiger partial charge in [0, 0.05) is 30.1 Å². The Hall–Kier alpha value is -3.39. The smallest absolute Gasteiger partial charge is 0.134 e. The minimum Gasteiger partial charge on any atom is -0.464 e. The third-order valence-corrected chi connectivity index (χ3v) is 6.12. The van der Waals surface area contributed by atoms with Crippen molar-refractivity contribution in [1.29, 1.82) is 5.26 Å². The molecule has 4 aromatic rings. The summed E-state index contributed by atoms with van der Waals surface area (Å²) in [6.45, 7) is 4.98. The first kappa shape index (κ1) is 19.6. The summed E-state index contributed by atoms with van der Waals surface area (Å²) < 4.78 is 5.98. The van der Waals surface area contributed by atoms with E-state index in [0.29, 0.717) is 11.6 Å². The van der Waals surface area contributed by atoms with E-state index in [1.807, 2.05) is 30.5 Å². The summed E-state index contributed by atoms with van der Waals surface area (Å²) in [6, 6.07) is 23.5. The Bertz CT molecular complexity index is 1240. The molecule has 1 saturated heterocycles. The minimum absolute atomic E-state index is 0.509. The Kier molecular flexibility index (Phi) is 5.30. The number of furan rings is 1. The SMILES string of the molecule is Cc1ccc(-c2cc3occ(CN[C@H]4CCNC4)c3cc2-c2ccc(C#N)cc2)cc1. The van der Waals surface area contributed by atoms with Gasteiger partial charge in [-0.15, -0.1) is 0 Å². The van der Waals surface area contributed by atoms with Crippen molar-refractivity contribution in [2.24, 2.45) is 0 Å². The van der Waals surface area contributed by atoms with Crippen LogP contribution in [0.25, 0.3) is 33.2 Å². The summed E-state index contributed by atoms with van der Waals surface area (Å²) in [5.74, 6) is 0. The van der Waals surface area contributed by atoms with E-state index in [0.717, 1.165) is 59.3 Å². The van der Waals surface area contributed by atoms with Gasteiger partial charge < -0.3 is 15.1 Å². The first-order chi connectivity index (χ1) is 15.2. The number of rotatable bonds is 5. The Balaban J connectivity index is 1.60. The third-order valence-electron chi connectivity index (χ3n) is 6.12. The molecular weight excluding hydrogens is 382 g/mol. The zero-order valence-electron chi connectivity index (χ0n) is 17.6. The highest BCUT2D eigenvalue weighted by molar-refractivity contribution is 5.95. The largest absolute Gasteiger partial charge is 0.464 e. The van der Waals surface area contributed by atoms with Crippen molar-refractivity contribution in [1.82, 2.24) is 10.6 Å². The van der Waals surface area contributed by atoms with Crippen molar-refractivity contribution in [3.63, 3.8) is 0 Å². The second-order valence-electron chi connectivity index (χ2n) is 8.28. The van der Waals surface area contributed by atoms with Gasteiger partial charge in [0.25, 0.3) is 0 Å². The molecule has 3 aromatic carbocycles. The van der Waals surface area contributed by atoms with Crippen molar-refractivity contribution < 1.29 is 4.42 Å². The van der Waals surface area contributed by atoms with Crippen LogP contribution in [-0.2, 0) is 6.54 Å². The molecule has 0 bridgehead atoms. The van der Waals surface area contributed by atoms with E-state index in [1.54, 1.807) is 0 Å². The average Bonchev–Trinajstić information content (AvgIpc) is 3.47. The van der Waals surface area contributed by atoms with Gasteiger partial charge in [-0.25, -0.2) is 0 Å². The summed E-state index contributed by atoms with van der Waals surface area (Å²) in [6.07, 6.45) is 3.03. The first-order valence-electron chi connectivity index (χ1n) is 10.8. The number of hydrogen-bond acceptors (Lipinski definition) is 4. The fraction of sp³-hybridized carbons (Fsp3) is 0.222. The summed E-state index contributed by atoms with van der Waals surface area (Å²) in [7, 11) is 0. The third kappa shape index (κ3) is 3.98. The molecule has 2 N–H and O–H groups in total. The number of benzene rings is 3. The molecule has 0 radical (unpaired) electrons. The van der Waals surface area contributed by atoms with E-state index < -0.39 is 0 Å². The molecule has 2 heterocycles. The lowest BCUT2D eigenvalue weighted by atomic mass is 9.92. The predicted molar refractivity (Wildman–Crippen MR) is 125 cm³/mol. The Morgan fingerprint density at radius 2 is 1.74 bits per heavy atom. The number of hydrogen-bond donors (Lipinski definition) is 2. The molecule has 154 valence electrons. The lowest BCUT2D eigenvalue weighted by Crippen LogP contribution is -2.30. The van der Waals surface area contributed by atoms with Crippen LogP contribution in [0, 0.1) is 18.3 Å². The quantitative estimate of drug-likeness (QED) is 0.465. The van der Waals surface area contributed by atoms with Gasteiger partial charge in [0.2, 0.25) is 0 Å². The van der Waals surface area contributed by atoms with Crippen LogP contribution >= 0.6 is 0 Å². The molecule has 1 aliphatic rings. The highest BCUT2D eigenvalue weighted by Crippen LogP contribution is 2.37. The Morgan fingerprint density at radius 1 is 1.03 bits per heavy atom. The van der Waals surface area contributed by atoms with Gasteiger partial charge in [-0.1, -0.05) is 42.0 Å². The van der Waals surface area contributed by atoms with Crippen LogP contribution in [0.4, 0.5) is 0 Å². The fourth-order valence-electron chi connectivity index (χ4n) is 4.28. The summed E-state index contributed by atoms with van der Waals surface area (Å²) >= 11 is 0. The van der Waals surface area contributed by atoms with Gasteiger partial charge in [0.1, 0.15) is 5.58 Å². The van der Waals surface area contributed by atoms with E-state index in [1.165, 1.54) is 11.1 Å². The molecule has 4 heteroatoms. The molecule has 1 aromatic heterocycles. The lowest BCUT2D eigenvalue weighted by molar-refractivity contribution is 0.541. The number of nitrogens with one attached hydrogen (secondary N) is 2. The van der Waals surface area contributed by atoms with E-state index in [4.69, 9.17) is 4.42 Å². The monoisotopic (exact) mass is 407 g/mol. The summed E-state index contributed by atoms with van der Waals surface area (Å²) in [5.41, 5.74) is 8.49. The maximum Gasteiger partial charge on any atom is 0.134 e. The molecule has 0 unspecified atom stereocenters. The average molecular weight is 408 g/mol. The molecule has 0 saturated carbocycles. The Morgan fingerprint density at radius 3 is 2.42 bits per heavy atom. The normalized spacial score (nSPS) is 15.9. The maximum atomic E-state index is 9.18. The van der Waals surface area contributed by atoms with Crippen LogP contribution in [0.5, 0.6) is 0 Å². The van der Waals surface area contributed by atoms with E-state index in [2.05, 4.69) is 60.0 Å². The molecule has 4 nitrogen and oxygen atoms in total.